The molecule has 2 N–H and O–H groups in total. The number of carbonyl (C=O) groups is 1. The molecular weight excluding hydrogens is 311 g/mol. The normalized spacial score (nSPS) is 13.0. The van der Waals surface area contributed by atoms with Gasteiger partial charge in [0.25, 0.3) is 0 Å². The minimum Gasteiger partial charge on any atom is -0.495 e. The van der Waals surface area contributed by atoms with E-state index in [1.54, 1.807) is 0 Å². The Balaban J connectivity index is 2.92. The van der Waals surface area contributed by atoms with E-state index in [2.05, 4.69) is 10.0 Å². The number of halogens is 1. The van der Waals surface area contributed by atoms with Gasteiger partial charge in [0.05, 0.1) is 13.2 Å². The number of hydrogen-bond donors (Lipinski definition) is 2. The van der Waals surface area contributed by atoms with Crippen molar-refractivity contribution in [3.63, 3.8) is 0 Å². The highest BCUT2D eigenvalue weighted by Crippen LogP contribution is 2.24. The van der Waals surface area contributed by atoms with Gasteiger partial charge in [-0.25, -0.2) is 12.8 Å². The molecule has 0 saturated carbocycles. The maximum atomic E-state index is 13.3. The summed E-state index contributed by atoms with van der Waals surface area (Å²) in [4.78, 5) is 11.5. The molecule has 1 aromatic rings. The summed E-state index contributed by atoms with van der Waals surface area (Å²) in [6.07, 6.45) is 0. The molecule has 0 bridgehead atoms. The third kappa shape index (κ3) is 4.96. The molecule has 0 aliphatic heterocycles. The molecule has 0 saturated heterocycles. The molecule has 0 heterocycles. The summed E-state index contributed by atoms with van der Waals surface area (Å²) in [6, 6.07) is 2.17. The first-order chi connectivity index (χ1) is 10.2. The van der Waals surface area contributed by atoms with Crippen molar-refractivity contribution in [2.24, 2.45) is 5.92 Å². The molecule has 0 aliphatic carbocycles. The molecule has 0 radical (unpaired) electrons. The molecule has 1 rings (SSSR count). The van der Waals surface area contributed by atoms with E-state index in [0.717, 1.165) is 12.1 Å². The minimum atomic E-state index is -4.08. The summed E-state index contributed by atoms with van der Waals surface area (Å²) < 4.78 is 45.0. The standard InChI is InChI=1S/C14H21FN2O4S/c1-9(2)8-16-14(18)10(3)17-22(19,20)13-7-11(15)5-6-12(13)21-4/h5-7,9-10,17H,8H2,1-4H3,(H,16,18). The molecule has 0 fully saturated rings. The predicted octanol–water partition coefficient (Wildman–Crippen LogP) is 1.27. The van der Waals surface area contributed by atoms with Gasteiger partial charge in [-0.15, -0.1) is 0 Å². The van der Waals surface area contributed by atoms with Crippen LogP contribution in [0.2, 0.25) is 0 Å². The van der Waals surface area contributed by atoms with Gasteiger partial charge in [-0.05, 0) is 31.0 Å². The highest BCUT2D eigenvalue weighted by molar-refractivity contribution is 7.89. The van der Waals surface area contributed by atoms with E-state index < -0.39 is 27.8 Å². The fourth-order valence-electron chi connectivity index (χ4n) is 1.67. The predicted molar refractivity (Wildman–Crippen MR) is 80.6 cm³/mol. The quantitative estimate of drug-likeness (QED) is 0.787. The van der Waals surface area contributed by atoms with Gasteiger partial charge in [0.15, 0.2) is 0 Å². The first-order valence-corrected chi connectivity index (χ1v) is 8.29. The van der Waals surface area contributed by atoms with Crippen LogP contribution >= 0.6 is 0 Å². The first kappa shape index (κ1) is 18.4. The van der Waals surface area contributed by atoms with E-state index in [4.69, 9.17) is 4.74 Å². The van der Waals surface area contributed by atoms with Crippen molar-refractivity contribution in [1.82, 2.24) is 10.0 Å². The molecule has 1 unspecified atom stereocenters. The fraction of sp³-hybridized carbons (Fsp3) is 0.500. The van der Waals surface area contributed by atoms with Crippen molar-refractivity contribution in [1.29, 1.82) is 0 Å². The van der Waals surface area contributed by atoms with E-state index in [0.29, 0.717) is 6.54 Å². The zero-order valence-electron chi connectivity index (χ0n) is 13.0. The maximum absolute atomic E-state index is 13.3. The van der Waals surface area contributed by atoms with Crippen LogP contribution in [0.1, 0.15) is 20.8 Å². The van der Waals surface area contributed by atoms with Crippen molar-refractivity contribution < 1.29 is 22.3 Å². The zero-order chi connectivity index (χ0) is 16.9. The van der Waals surface area contributed by atoms with Crippen LogP contribution in [-0.2, 0) is 14.8 Å². The second-order valence-corrected chi connectivity index (χ2v) is 6.96. The number of methoxy groups -OCH3 is 1. The van der Waals surface area contributed by atoms with Gasteiger partial charge in [0.2, 0.25) is 15.9 Å². The zero-order valence-corrected chi connectivity index (χ0v) is 13.8. The topological polar surface area (TPSA) is 84.5 Å². The van der Waals surface area contributed by atoms with Crippen molar-refractivity contribution in [2.45, 2.75) is 31.7 Å². The van der Waals surface area contributed by atoms with Crippen molar-refractivity contribution in [3.8, 4) is 5.75 Å². The van der Waals surface area contributed by atoms with E-state index in [1.807, 2.05) is 13.8 Å². The minimum absolute atomic E-state index is 0.00342. The average molecular weight is 332 g/mol. The molecule has 124 valence electrons. The van der Waals surface area contributed by atoms with E-state index in [1.165, 1.54) is 20.1 Å². The van der Waals surface area contributed by atoms with Crippen LogP contribution in [0.15, 0.2) is 23.1 Å². The van der Waals surface area contributed by atoms with E-state index >= 15 is 0 Å². The lowest BCUT2D eigenvalue weighted by Gasteiger charge is -2.16. The van der Waals surface area contributed by atoms with Crippen molar-refractivity contribution >= 4 is 15.9 Å². The van der Waals surface area contributed by atoms with Crippen LogP contribution in [0.25, 0.3) is 0 Å². The lowest BCUT2D eigenvalue weighted by molar-refractivity contribution is -0.122. The number of rotatable bonds is 7. The van der Waals surface area contributed by atoms with Gasteiger partial charge in [-0.2, -0.15) is 4.72 Å². The van der Waals surface area contributed by atoms with Gasteiger partial charge in [0.1, 0.15) is 16.5 Å². The van der Waals surface area contributed by atoms with E-state index in [9.17, 15) is 17.6 Å². The first-order valence-electron chi connectivity index (χ1n) is 6.81. The highest BCUT2D eigenvalue weighted by atomic mass is 32.2. The molecule has 1 aromatic carbocycles. The maximum Gasteiger partial charge on any atom is 0.245 e. The van der Waals surface area contributed by atoms with Crippen LogP contribution < -0.4 is 14.8 Å². The molecular formula is C14H21FN2O4S. The van der Waals surface area contributed by atoms with Crippen LogP contribution in [-0.4, -0.2) is 34.0 Å². The van der Waals surface area contributed by atoms with Crippen molar-refractivity contribution in [2.75, 3.05) is 13.7 Å². The van der Waals surface area contributed by atoms with E-state index in [-0.39, 0.29) is 16.6 Å². The molecule has 22 heavy (non-hydrogen) atoms. The lowest BCUT2D eigenvalue weighted by Crippen LogP contribution is -2.45. The monoisotopic (exact) mass is 332 g/mol. The summed E-state index contributed by atoms with van der Waals surface area (Å²) in [5.74, 6) is -0.912. The summed E-state index contributed by atoms with van der Waals surface area (Å²) >= 11 is 0. The SMILES string of the molecule is COc1ccc(F)cc1S(=O)(=O)NC(C)C(=O)NCC(C)C. The third-order valence-electron chi connectivity index (χ3n) is 2.82. The second-order valence-electron chi connectivity index (χ2n) is 5.28. The number of hydrogen-bond acceptors (Lipinski definition) is 4. The highest BCUT2D eigenvalue weighted by Gasteiger charge is 2.25. The Kier molecular flexibility index (Phi) is 6.31. The lowest BCUT2D eigenvalue weighted by atomic mass is 10.2. The van der Waals surface area contributed by atoms with Crippen molar-refractivity contribution in [3.05, 3.63) is 24.0 Å². The van der Waals surface area contributed by atoms with Gasteiger partial charge in [-0.1, -0.05) is 13.8 Å². The number of benzene rings is 1. The van der Waals surface area contributed by atoms with Crippen LogP contribution in [0, 0.1) is 11.7 Å². The van der Waals surface area contributed by atoms with Gasteiger partial charge >= 0.3 is 0 Å². The second kappa shape index (κ2) is 7.55. The smallest absolute Gasteiger partial charge is 0.245 e. The average Bonchev–Trinajstić information content (AvgIpc) is 2.44. The van der Waals surface area contributed by atoms with Gasteiger partial charge < -0.3 is 10.1 Å². The van der Waals surface area contributed by atoms with Crippen LogP contribution in [0.5, 0.6) is 5.75 Å². The number of carbonyl (C=O) groups excluding carboxylic acids is 1. The molecule has 1 atom stereocenters. The third-order valence-corrected chi connectivity index (χ3v) is 4.39. The van der Waals surface area contributed by atoms with Crippen LogP contribution in [0.4, 0.5) is 4.39 Å². The fourth-order valence-corrected chi connectivity index (χ4v) is 3.05. The molecule has 1 amide bonds. The summed E-state index contributed by atoms with van der Waals surface area (Å²) in [5, 5.41) is 2.62. The summed E-state index contributed by atoms with van der Waals surface area (Å²) in [7, 11) is -2.80. The Morgan fingerprint density at radius 3 is 2.50 bits per heavy atom. The molecule has 8 heteroatoms. The Labute approximate surface area is 130 Å². The Bertz CT molecular complexity index is 632. The molecule has 0 spiro atoms. The summed E-state index contributed by atoms with van der Waals surface area (Å²) in [5.41, 5.74) is 0. The Morgan fingerprint density at radius 1 is 1.32 bits per heavy atom. The Morgan fingerprint density at radius 2 is 1.95 bits per heavy atom. The van der Waals surface area contributed by atoms with Gasteiger partial charge in [0, 0.05) is 6.54 Å². The number of amides is 1. The number of sulfonamides is 1. The molecule has 0 aromatic heterocycles. The number of ether oxygens (including phenoxy) is 1. The Hall–Kier alpha value is -1.67. The molecule has 0 aliphatic rings. The molecule has 6 nitrogen and oxygen atoms in total. The largest absolute Gasteiger partial charge is 0.495 e. The number of nitrogens with one attached hydrogen (secondary N) is 2. The summed E-state index contributed by atoms with van der Waals surface area (Å²) in [6.45, 7) is 5.70. The van der Waals surface area contributed by atoms with Gasteiger partial charge in [-0.3, -0.25) is 4.79 Å². The van der Waals surface area contributed by atoms with Crippen LogP contribution in [0.3, 0.4) is 0 Å².